The highest BCUT2D eigenvalue weighted by atomic mass is 19.4. The largest absolute Gasteiger partial charge is 0.497 e. The Kier molecular flexibility index (Phi) is 6.79. The van der Waals surface area contributed by atoms with Crippen LogP contribution < -0.4 is 4.74 Å². The zero-order chi connectivity index (χ0) is 28.5. The van der Waals surface area contributed by atoms with Crippen molar-refractivity contribution in [3.63, 3.8) is 0 Å². The lowest BCUT2D eigenvalue weighted by Gasteiger charge is -2.63. The molecule has 0 saturated heterocycles. The third-order valence-corrected chi connectivity index (χ3v) is 12.4. The molecule has 4 aliphatic rings. The van der Waals surface area contributed by atoms with E-state index >= 15 is 0 Å². The van der Waals surface area contributed by atoms with Crippen LogP contribution in [0.2, 0.25) is 0 Å². The molecule has 0 bridgehead atoms. The molecule has 1 unspecified atom stereocenters. The highest BCUT2D eigenvalue weighted by Crippen LogP contribution is 2.71. The first-order valence-corrected chi connectivity index (χ1v) is 15.0. The normalized spacial score (nSPS) is 39.4. The zero-order valence-corrected chi connectivity index (χ0v) is 24.2. The summed E-state index contributed by atoms with van der Waals surface area (Å²) in [6.45, 7) is 5.59. The van der Waals surface area contributed by atoms with E-state index in [1.165, 1.54) is 0 Å². The van der Waals surface area contributed by atoms with Crippen LogP contribution in [0, 0.1) is 51.2 Å². The minimum Gasteiger partial charge on any atom is -0.497 e. The van der Waals surface area contributed by atoms with Gasteiger partial charge in [-0.1, -0.05) is 13.8 Å². The number of ether oxygens (including phenoxy) is 2. The second-order valence-electron chi connectivity index (χ2n) is 13.7. The second kappa shape index (κ2) is 9.70. The Morgan fingerprint density at radius 1 is 1.00 bits per heavy atom. The van der Waals surface area contributed by atoms with Crippen LogP contribution in [0.25, 0.3) is 11.0 Å². The van der Waals surface area contributed by atoms with E-state index in [0.717, 1.165) is 55.3 Å². The SMILES string of the molecule is COC[C@]12CC[C@H](C(F)(F)F)C[C@H]1CC[C@@H]1[C@@H]2CC[C@@]2(C)[C@H]1CCC2(C)C(=N)Cn1nc2ccc(OC)cc2n1. The standard InChI is InChI=1S/C31H43F3N4O2/c1-28-12-11-24-22(7-5-19-15-20(31(32,33)34)9-14-30(19,24)18-39-3)23(28)10-13-29(28,2)27(35)17-38-36-25-8-6-21(40-4)16-26(25)37-38/h6,8,16,19-20,22-24,35H,5,7,9-15,17-18H2,1-4H3/t19-,20+,22+,23+,24+,28+,29?,30-/m1/s1. The van der Waals surface area contributed by atoms with Crippen LogP contribution in [0.5, 0.6) is 5.75 Å². The molecule has 2 aromatic rings. The Bertz CT molecular complexity index is 1280. The van der Waals surface area contributed by atoms with Crippen molar-refractivity contribution in [2.75, 3.05) is 20.8 Å². The number of hydrogen-bond acceptors (Lipinski definition) is 5. The number of aromatic nitrogens is 3. The second-order valence-corrected chi connectivity index (χ2v) is 13.7. The first-order chi connectivity index (χ1) is 18.9. The maximum Gasteiger partial charge on any atom is 0.391 e. The van der Waals surface area contributed by atoms with Crippen molar-refractivity contribution < 1.29 is 22.6 Å². The van der Waals surface area contributed by atoms with Crippen LogP contribution in [0.1, 0.15) is 71.6 Å². The minimum absolute atomic E-state index is 0.0225. The van der Waals surface area contributed by atoms with Gasteiger partial charge >= 0.3 is 6.18 Å². The van der Waals surface area contributed by atoms with Crippen molar-refractivity contribution >= 4 is 16.7 Å². The van der Waals surface area contributed by atoms with E-state index in [2.05, 4.69) is 24.0 Å². The fraction of sp³-hybridized carbons (Fsp3) is 0.774. The van der Waals surface area contributed by atoms with Crippen LogP contribution in [-0.2, 0) is 11.3 Å². The summed E-state index contributed by atoms with van der Waals surface area (Å²) in [5.74, 6) is 1.01. The Labute approximate surface area is 234 Å². The van der Waals surface area contributed by atoms with Crippen LogP contribution >= 0.6 is 0 Å². The average Bonchev–Trinajstić information content (AvgIpc) is 3.45. The number of benzene rings is 1. The van der Waals surface area contributed by atoms with E-state index in [1.807, 2.05) is 18.2 Å². The summed E-state index contributed by atoms with van der Waals surface area (Å²) in [6.07, 6.45) is 2.93. The summed E-state index contributed by atoms with van der Waals surface area (Å²) in [7, 11) is 3.35. The van der Waals surface area contributed by atoms with Crippen molar-refractivity contribution in [2.24, 2.45) is 45.8 Å². The first kappa shape index (κ1) is 28.0. The van der Waals surface area contributed by atoms with E-state index in [0.29, 0.717) is 43.0 Å². The van der Waals surface area contributed by atoms with E-state index in [1.54, 1.807) is 19.0 Å². The summed E-state index contributed by atoms with van der Waals surface area (Å²) in [5, 5.41) is 18.6. The molecule has 1 aromatic heterocycles. The first-order valence-electron chi connectivity index (χ1n) is 15.0. The van der Waals surface area contributed by atoms with Gasteiger partial charge < -0.3 is 14.9 Å². The predicted molar refractivity (Wildman–Crippen MR) is 147 cm³/mol. The molecule has 4 saturated carbocycles. The van der Waals surface area contributed by atoms with E-state index in [4.69, 9.17) is 9.47 Å². The molecule has 40 heavy (non-hydrogen) atoms. The number of alkyl halides is 3. The third kappa shape index (κ3) is 4.11. The monoisotopic (exact) mass is 560 g/mol. The van der Waals surface area contributed by atoms with Crippen molar-refractivity contribution in [1.29, 1.82) is 5.41 Å². The summed E-state index contributed by atoms with van der Waals surface area (Å²) in [4.78, 5) is 1.65. The van der Waals surface area contributed by atoms with Gasteiger partial charge in [0, 0.05) is 24.3 Å². The number of methoxy groups -OCH3 is 2. The van der Waals surface area contributed by atoms with E-state index < -0.39 is 12.1 Å². The molecule has 4 aliphatic carbocycles. The van der Waals surface area contributed by atoms with Gasteiger partial charge in [0.1, 0.15) is 16.8 Å². The average molecular weight is 561 g/mol. The Hall–Kier alpha value is -2.16. The zero-order valence-electron chi connectivity index (χ0n) is 24.2. The van der Waals surface area contributed by atoms with Gasteiger partial charge in [0.2, 0.25) is 0 Å². The predicted octanol–water partition coefficient (Wildman–Crippen LogP) is 7.31. The Morgan fingerprint density at radius 2 is 1.75 bits per heavy atom. The van der Waals surface area contributed by atoms with Crippen molar-refractivity contribution in [2.45, 2.75) is 84.4 Å². The molecule has 0 amide bonds. The van der Waals surface area contributed by atoms with Gasteiger partial charge in [0.15, 0.2) is 0 Å². The van der Waals surface area contributed by atoms with Crippen LogP contribution in [0.4, 0.5) is 13.2 Å². The molecule has 1 N–H and O–H groups in total. The number of fused-ring (bicyclic) bond motifs is 6. The summed E-state index contributed by atoms with van der Waals surface area (Å²) in [5.41, 5.74) is 1.79. The molecule has 4 fully saturated rings. The van der Waals surface area contributed by atoms with Gasteiger partial charge in [-0.15, -0.1) is 0 Å². The molecule has 8 atom stereocenters. The number of rotatable bonds is 6. The van der Waals surface area contributed by atoms with Crippen LogP contribution in [0.3, 0.4) is 0 Å². The molecular formula is C31H43F3N4O2. The van der Waals surface area contributed by atoms with Gasteiger partial charge in [-0.25, -0.2) is 0 Å². The lowest BCUT2D eigenvalue weighted by Crippen LogP contribution is -2.58. The van der Waals surface area contributed by atoms with E-state index in [-0.39, 0.29) is 35.0 Å². The van der Waals surface area contributed by atoms with Gasteiger partial charge in [0.05, 0.1) is 26.2 Å². The van der Waals surface area contributed by atoms with Crippen molar-refractivity contribution in [1.82, 2.24) is 15.0 Å². The van der Waals surface area contributed by atoms with Gasteiger partial charge in [-0.2, -0.15) is 28.2 Å². The highest BCUT2D eigenvalue weighted by molar-refractivity contribution is 5.88. The number of nitrogens with zero attached hydrogens (tertiary/aromatic N) is 3. The summed E-state index contributed by atoms with van der Waals surface area (Å²) < 4.78 is 52.3. The Morgan fingerprint density at radius 3 is 2.48 bits per heavy atom. The lowest BCUT2D eigenvalue weighted by molar-refractivity contribution is -0.217. The molecule has 1 heterocycles. The minimum atomic E-state index is -4.10. The molecule has 0 spiro atoms. The van der Waals surface area contributed by atoms with Gasteiger partial charge in [-0.05, 0) is 104 Å². The van der Waals surface area contributed by atoms with Crippen LogP contribution in [-0.4, -0.2) is 47.7 Å². The Balaban J connectivity index is 1.23. The van der Waals surface area contributed by atoms with Crippen LogP contribution in [0.15, 0.2) is 18.2 Å². The molecule has 220 valence electrons. The van der Waals surface area contributed by atoms with Crippen molar-refractivity contribution in [3.05, 3.63) is 18.2 Å². The number of nitrogens with one attached hydrogen (secondary N) is 1. The molecule has 0 aliphatic heterocycles. The van der Waals surface area contributed by atoms with E-state index in [9.17, 15) is 18.6 Å². The number of halogens is 3. The fourth-order valence-electron chi connectivity index (χ4n) is 10.1. The quantitative estimate of drug-likeness (QED) is 0.376. The van der Waals surface area contributed by atoms with Gasteiger partial charge in [0.25, 0.3) is 0 Å². The third-order valence-electron chi connectivity index (χ3n) is 12.4. The lowest BCUT2D eigenvalue weighted by atomic mass is 9.42. The van der Waals surface area contributed by atoms with Crippen molar-refractivity contribution in [3.8, 4) is 5.75 Å². The molecule has 1 aromatic carbocycles. The molecular weight excluding hydrogens is 517 g/mol. The number of hydrogen-bond donors (Lipinski definition) is 1. The topological polar surface area (TPSA) is 73.0 Å². The maximum atomic E-state index is 13.7. The summed E-state index contributed by atoms with van der Waals surface area (Å²) >= 11 is 0. The molecule has 6 rings (SSSR count). The highest BCUT2D eigenvalue weighted by Gasteiger charge is 2.66. The molecule has 6 nitrogen and oxygen atoms in total. The molecule has 0 radical (unpaired) electrons. The maximum absolute atomic E-state index is 13.7. The smallest absolute Gasteiger partial charge is 0.391 e. The fourth-order valence-corrected chi connectivity index (χ4v) is 10.1. The van der Waals surface area contributed by atoms with Gasteiger partial charge in [-0.3, -0.25) is 0 Å². The summed E-state index contributed by atoms with van der Waals surface area (Å²) in [6, 6.07) is 5.63. The molecule has 9 heteroatoms.